The maximum Gasteiger partial charge on any atom is -0.0391 e. The van der Waals surface area contributed by atoms with Gasteiger partial charge in [0, 0.05) is 0 Å². The van der Waals surface area contributed by atoms with Crippen molar-refractivity contribution in [2.75, 3.05) is 0 Å². The molecular formula is C13H27. The molecule has 0 fully saturated rings. The summed E-state index contributed by atoms with van der Waals surface area (Å²) in [5.41, 5.74) is 0. The summed E-state index contributed by atoms with van der Waals surface area (Å²) in [5.74, 6) is 1.43. The predicted octanol–water partition coefficient (Wildman–Crippen LogP) is 4.84. The summed E-state index contributed by atoms with van der Waals surface area (Å²) in [6, 6.07) is 0. The van der Waals surface area contributed by atoms with Crippen LogP contribution in [0.5, 0.6) is 0 Å². The first kappa shape index (κ1) is 13.0. The van der Waals surface area contributed by atoms with Gasteiger partial charge in [-0.15, -0.1) is 0 Å². The van der Waals surface area contributed by atoms with Gasteiger partial charge < -0.3 is 0 Å². The molecule has 0 nitrogen and oxygen atoms in total. The molecule has 0 saturated carbocycles. The third-order valence-corrected chi connectivity index (χ3v) is 2.87. The van der Waals surface area contributed by atoms with Crippen molar-refractivity contribution in [1.82, 2.24) is 0 Å². The fraction of sp³-hybridized carbons (Fsp3) is 0.923. The molecule has 0 heteroatoms. The highest BCUT2D eigenvalue weighted by Gasteiger charge is 2.05. The molecule has 0 rings (SSSR count). The first-order valence-corrected chi connectivity index (χ1v) is 6.01. The van der Waals surface area contributed by atoms with E-state index in [1.165, 1.54) is 44.9 Å². The second-order valence-electron chi connectivity index (χ2n) is 4.56. The largest absolute Gasteiger partial charge is 0.0654 e. The van der Waals surface area contributed by atoms with Crippen LogP contribution in [0.2, 0.25) is 0 Å². The summed E-state index contributed by atoms with van der Waals surface area (Å²) >= 11 is 0. The molecule has 0 aromatic carbocycles. The zero-order valence-electron chi connectivity index (χ0n) is 9.81. The molecule has 13 heavy (non-hydrogen) atoms. The highest BCUT2D eigenvalue weighted by atomic mass is 14.1. The van der Waals surface area contributed by atoms with Gasteiger partial charge in [0.05, 0.1) is 0 Å². The Morgan fingerprint density at radius 2 is 1.46 bits per heavy atom. The zero-order valence-corrected chi connectivity index (χ0v) is 9.81. The molecule has 0 aliphatic carbocycles. The maximum absolute atomic E-state index is 4.17. The van der Waals surface area contributed by atoms with Crippen LogP contribution in [0.15, 0.2) is 0 Å². The number of rotatable bonds is 8. The standard InChI is InChI=1S/C13H27/c1-5-6-7-8-9-10-11-13(4)12(2)3/h12-13H,4-11H2,1-3H3. The SMILES string of the molecule is [CH2]C(CCCCCCCC)C(C)C. The molecule has 0 bridgehead atoms. The second-order valence-corrected chi connectivity index (χ2v) is 4.56. The Hall–Kier alpha value is 0. The Kier molecular flexibility index (Phi) is 8.59. The summed E-state index contributed by atoms with van der Waals surface area (Å²) in [4.78, 5) is 0. The van der Waals surface area contributed by atoms with E-state index in [9.17, 15) is 0 Å². The van der Waals surface area contributed by atoms with Crippen molar-refractivity contribution < 1.29 is 0 Å². The van der Waals surface area contributed by atoms with Gasteiger partial charge in [-0.05, 0) is 18.8 Å². The van der Waals surface area contributed by atoms with E-state index in [2.05, 4.69) is 27.7 Å². The predicted molar refractivity (Wildman–Crippen MR) is 61.7 cm³/mol. The fourth-order valence-corrected chi connectivity index (χ4v) is 1.52. The fourth-order valence-electron chi connectivity index (χ4n) is 1.52. The lowest BCUT2D eigenvalue weighted by molar-refractivity contribution is 0.410. The molecule has 0 heterocycles. The van der Waals surface area contributed by atoms with Gasteiger partial charge in [0.25, 0.3) is 0 Å². The van der Waals surface area contributed by atoms with Crippen LogP contribution in [0.1, 0.15) is 65.7 Å². The van der Waals surface area contributed by atoms with E-state index in [1.54, 1.807) is 0 Å². The Balaban J connectivity index is 3.07. The van der Waals surface area contributed by atoms with Crippen LogP contribution in [0.25, 0.3) is 0 Å². The van der Waals surface area contributed by atoms with Crippen LogP contribution in [0.3, 0.4) is 0 Å². The summed E-state index contributed by atoms with van der Waals surface area (Å²) in [7, 11) is 0. The van der Waals surface area contributed by atoms with Crippen LogP contribution in [-0.2, 0) is 0 Å². The van der Waals surface area contributed by atoms with E-state index in [4.69, 9.17) is 0 Å². The van der Waals surface area contributed by atoms with E-state index in [0.29, 0.717) is 5.92 Å². The van der Waals surface area contributed by atoms with Crippen LogP contribution in [0.4, 0.5) is 0 Å². The van der Waals surface area contributed by atoms with Gasteiger partial charge in [0.2, 0.25) is 0 Å². The average Bonchev–Trinajstić information content (AvgIpc) is 2.10. The molecule has 0 aliphatic heterocycles. The summed E-state index contributed by atoms with van der Waals surface area (Å²) in [5, 5.41) is 0. The van der Waals surface area contributed by atoms with Crippen molar-refractivity contribution in [1.29, 1.82) is 0 Å². The monoisotopic (exact) mass is 183 g/mol. The summed E-state index contributed by atoms with van der Waals surface area (Å²) in [6.45, 7) is 11.0. The Morgan fingerprint density at radius 1 is 0.923 bits per heavy atom. The van der Waals surface area contributed by atoms with Crippen molar-refractivity contribution in [3.63, 3.8) is 0 Å². The second kappa shape index (κ2) is 8.59. The molecule has 1 atom stereocenters. The van der Waals surface area contributed by atoms with E-state index >= 15 is 0 Å². The molecule has 1 radical (unpaired) electrons. The molecule has 0 aliphatic rings. The quantitative estimate of drug-likeness (QED) is 0.472. The van der Waals surface area contributed by atoms with Crippen molar-refractivity contribution in [2.24, 2.45) is 11.8 Å². The lowest BCUT2D eigenvalue weighted by Crippen LogP contribution is -2.03. The maximum atomic E-state index is 4.17. The minimum atomic E-state index is 0.672. The minimum Gasteiger partial charge on any atom is -0.0654 e. The van der Waals surface area contributed by atoms with Gasteiger partial charge in [0.1, 0.15) is 0 Å². The van der Waals surface area contributed by atoms with E-state index < -0.39 is 0 Å². The third kappa shape index (κ3) is 8.33. The van der Waals surface area contributed by atoms with Gasteiger partial charge in [-0.3, -0.25) is 0 Å². The molecule has 79 valence electrons. The molecule has 0 aromatic rings. The number of hydrogen-bond acceptors (Lipinski definition) is 0. The van der Waals surface area contributed by atoms with Crippen molar-refractivity contribution in [3.8, 4) is 0 Å². The van der Waals surface area contributed by atoms with Crippen LogP contribution >= 0.6 is 0 Å². The molecule has 0 spiro atoms. The van der Waals surface area contributed by atoms with Gasteiger partial charge in [-0.2, -0.15) is 0 Å². The van der Waals surface area contributed by atoms with E-state index in [-0.39, 0.29) is 0 Å². The van der Waals surface area contributed by atoms with Crippen LogP contribution < -0.4 is 0 Å². The smallest absolute Gasteiger partial charge is 0.0391 e. The topological polar surface area (TPSA) is 0 Å². The number of hydrogen-bond donors (Lipinski definition) is 0. The molecule has 0 saturated heterocycles. The van der Waals surface area contributed by atoms with Gasteiger partial charge in [-0.25, -0.2) is 0 Å². The Labute approximate surface area is 85.1 Å². The first-order chi connectivity index (χ1) is 6.18. The number of unbranched alkanes of at least 4 members (excludes halogenated alkanes) is 5. The average molecular weight is 183 g/mol. The lowest BCUT2D eigenvalue weighted by Gasteiger charge is -2.14. The van der Waals surface area contributed by atoms with Gasteiger partial charge >= 0.3 is 0 Å². The minimum absolute atomic E-state index is 0.672. The van der Waals surface area contributed by atoms with Crippen LogP contribution in [0, 0.1) is 18.8 Å². The van der Waals surface area contributed by atoms with Gasteiger partial charge in [0.15, 0.2) is 0 Å². The molecule has 0 amide bonds. The summed E-state index contributed by atoms with van der Waals surface area (Å²) in [6.07, 6.45) is 9.75. The van der Waals surface area contributed by atoms with Crippen LogP contribution in [-0.4, -0.2) is 0 Å². The zero-order chi connectivity index (χ0) is 10.1. The highest BCUT2D eigenvalue weighted by molar-refractivity contribution is 4.64. The molecule has 1 unspecified atom stereocenters. The molecule has 0 aromatic heterocycles. The van der Waals surface area contributed by atoms with E-state index in [0.717, 1.165) is 5.92 Å². The van der Waals surface area contributed by atoms with E-state index in [1.807, 2.05) is 0 Å². The van der Waals surface area contributed by atoms with Crippen molar-refractivity contribution >= 4 is 0 Å². The third-order valence-electron chi connectivity index (χ3n) is 2.87. The van der Waals surface area contributed by atoms with Crippen molar-refractivity contribution in [3.05, 3.63) is 6.92 Å². The summed E-state index contributed by atoms with van der Waals surface area (Å²) < 4.78 is 0. The first-order valence-electron chi connectivity index (χ1n) is 6.01. The molecule has 0 N–H and O–H groups in total. The van der Waals surface area contributed by atoms with Crippen molar-refractivity contribution in [2.45, 2.75) is 65.7 Å². The highest BCUT2D eigenvalue weighted by Crippen LogP contribution is 2.17. The Morgan fingerprint density at radius 3 is 2.00 bits per heavy atom. The lowest BCUT2D eigenvalue weighted by atomic mass is 9.92. The Bertz CT molecular complexity index is 94.2. The normalized spacial score (nSPS) is 13.6. The molecular weight excluding hydrogens is 156 g/mol. The van der Waals surface area contributed by atoms with Gasteiger partial charge in [-0.1, -0.05) is 65.7 Å².